The maximum atomic E-state index is 5.55. The maximum Gasteiger partial charge on any atom is 0.111 e. The van der Waals surface area contributed by atoms with Crippen molar-refractivity contribution in [2.45, 2.75) is 63.8 Å². The number of hydrogen-bond donors (Lipinski definition) is 2. The van der Waals surface area contributed by atoms with Gasteiger partial charge in [-0.3, -0.25) is 4.99 Å². The van der Waals surface area contributed by atoms with Crippen LogP contribution in [0, 0.1) is 5.92 Å². The summed E-state index contributed by atoms with van der Waals surface area (Å²) in [5.74, 6) is 7.43. The molecule has 15 heavy (non-hydrogen) atoms. The Labute approximate surface area is 92.5 Å². The largest absolute Gasteiger partial charge is 0.312 e. The van der Waals surface area contributed by atoms with Crippen LogP contribution in [-0.2, 0) is 0 Å². The van der Waals surface area contributed by atoms with Crippen LogP contribution in [0.5, 0.6) is 0 Å². The second kappa shape index (κ2) is 5.50. The summed E-state index contributed by atoms with van der Waals surface area (Å²) in [7, 11) is 0. The standard InChI is InChI=1S/C12H23N3/c13-15-12(9-10-5-1-2-6-10)14-11-7-3-4-8-11/h10-11H,1-9,13H2,(H,14,15). The fourth-order valence-electron chi connectivity index (χ4n) is 2.89. The minimum atomic E-state index is 0.553. The minimum absolute atomic E-state index is 0.553. The average Bonchev–Trinajstić information content (AvgIpc) is 2.89. The van der Waals surface area contributed by atoms with Crippen molar-refractivity contribution in [3.8, 4) is 0 Å². The van der Waals surface area contributed by atoms with Crippen molar-refractivity contribution in [2.24, 2.45) is 16.8 Å². The van der Waals surface area contributed by atoms with Crippen molar-refractivity contribution < 1.29 is 0 Å². The first-order chi connectivity index (χ1) is 7.38. The fraction of sp³-hybridized carbons (Fsp3) is 0.917. The SMILES string of the molecule is NNC(CC1CCCC1)=NC1CCCC1. The number of nitrogens with two attached hydrogens (primary N) is 1. The Kier molecular flexibility index (Phi) is 4.01. The molecule has 0 bridgehead atoms. The Morgan fingerprint density at radius 3 is 2.27 bits per heavy atom. The lowest BCUT2D eigenvalue weighted by molar-refractivity contribution is 0.560. The number of hydrazine groups is 1. The van der Waals surface area contributed by atoms with Gasteiger partial charge in [0.25, 0.3) is 0 Å². The number of amidine groups is 1. The Hall–Kier alpha value is -0.570. The summed E-state index contributed by atoms with van der Waals surface area (Å²) < 4.78 is 0. The van der Waals surface area contributed by atoms with E-state index in [9.17, 15) is 0 Å². The summed E-state index contributed by atoms with van der Waals surface area (Å²) in [6.45, 7) is 0. The highest BCUT2D eigenvalue weighted by molar-refractivity contribution is 5.82. The van der Waals surface area contributed by atoms with Crippen LogP contribution in [0.4, 0.5) is 0 Å². The normalized spacial score (nSPS) is 25.0. The van der Waals surface area contributed by atoms with Crippen molar-refractivity contribution in [3.63, 3.8) is 0 Å². The zero-order chi connectivity index (χ0) is 10.5. The average molecular weight is 209 g/mol. The monoisotopic (exact) mass is 209 g/mol. The molecule has 0 radical (unpaired) electrons. The van der Waals surface area contributed by atoms with Gasteiger partial charge in [0.05, 0.1) is 6.04 Å². The molecule has 0 unspecified atom stereocenters. The molecule has 0 aromatic rings. The van der Waals surface area contributed by atoms with Crippen molar-refractivity contribution in [1.29, 1.82) is 0 Å². The van der Waals surface area contributed by atoms with Gasteiger partial charge in [-0.2, -0.15) is 0 Å². The molecule has 3 N–H and O–H groups in total. The van der Waals surface area contributed by atoms with E-state index in [4.69, 9.17) is 10.8 Å². The first-order valence-corrected chi connectivity index (χ1v) is 6.42. The van der Waals surface area contributed by atoms with Gasteiger partial charge in [-0.1, -0.05) is 38.5 Å². The summed E-state index contributed by atoms with van der Waals surface area (Å²) in [4.78, 5) is 4.74. The summed E-state index contributed by atoms with van der Waals surface area (Å²) in [5, 5.41) is 0. The molecule has 0 aromatic heterocycles. The molecule has 2 aliphatic carbocycles. The van der Waals surface area contributed by atoms with E-state index < -0.39 is 0 Å². The van der Waals surface area contributed by atoms with E-state index >= 15 is 0 Å². The summed E-state index contributed by atoms with van der Waals surface area (Å²) in [6.07, 6.45) is 11.8. The summed E-state index contributed by atoms with van der Waals surface area (Å²) in [6, 6.07) is 0.553. The second-order valence-corrected chi connectivity index (χ2v) is 5.01. The lowest BCUT2D eigenvalue weighted by Gasteiger charge is -2.13. The van der Waals surface area contributed by atoms with Crippen molar-refractivity contribution in [2.75, 3.05) is 0 Å². The van der Waals surface area contributed by atoms with Crippen LogP contribution in [0.1, 0.15) is 57.8 Å². The molecule has 0 saturated heterocycles. The Balaban J connectivity index is 1.84. The third-order valence-corrected chi connectivity index (χ3v) is 3.79. The summed E-state index contributed by atoms with van der Waals surface area (Å²) >= 11 is 0. The van der Waals surface area contributed by atoms with Crippen LogP contribution in [-0.4, -0.2) is 11.9 Å². The third-order valence-electron chi connectivity index (χ3n) is 3.79. The van der Waals surface area contributed by atoms with E-state index in [2.05, 4.69) is 5.43 Å². The van der Waals surface area contributed by atoms with E-state index in [0.29, 0.717) is 6.04 Å². The van der Waals surface area contributed by atoms with E-state index in [1.807, 2.05) is 0 Å². The Morgan fingerprint density at radius 2 is 1.67 bits per heavy atom. The summed E-state index contributed by atoms with van der Waals surface area (Å²) in [5.41, 5.74) is 2.81. The molecule has 0 aromatic carbocycles. The van der Waals surface area contributed by atoms with Crippen LogP contribution in [0.2, 0.25) is 0 Å². The predicted molar refractivity (Wildman–Crippen MR) is 63.6 cm³/mol. The Bertz CT molecular complexity index is 213. The molecule has 0 atom stereocenters. The van der Waals surface area contributed by atoms with E-state index in [0.717, 1.165) is 18.2 Å². The molecule has 2 saturated carbocycles. The van der Waals surface area contributed by atoms with Crippen molar-refractivity contribution >= 4 is 5.84 Å². The van der Waals surface area contributed by atoms with Gasteiger partial charge in [0.2, 0.25) is 0 Å². The van der Waals surface area contributed by atoms with Crippen LogP contribution in [0.15, 0.2) is 4.99 Å². The van der Waals surface area contributed by atoms with Gasteiger partial charge < -0.3 is 5.43 Å². The molecule has 0 spiro atoms. The maximum absolute atomic E-state index is 5.55. The molecule has 0 amide bonds. The quantitative estimate of drug-likeness (QED) is 0.324. The first kappa shape index (κ1) is 10.9. The van der Waals surface area contributed by atoms with Crippen molar-refractivity contribution in [1.82, 2.24) is 5.43 Å². The molecule has 2 fully saturated rings. The van der Waals surface area contributed by atoms with E-state index in [1.165, 1.54) is 51.4 Å². The smallest absolute Gasteiger partial charge is 0.111 e. The minimum Gasteiger partial charge on any atom is -0.312 e. The molecular weight excluding hydrogens is 186 g/mol. The van der Waals surface area contributed by atoms with Crippen LogP contribution in [0.25, 0.3) is 0 Å². The third kappa shape index (κ3) is 3.20. The topological polar surface area (TPSA) is 50.4 Å². The molecule has 2 aliphatic rings. The zero-order valence-electron chi connectivity index (χ0n) is 9.54. The number of nitrogens with one attached hydrogen (secondary N) is 1. The van der Waals surface area contributed by atoms with Gasteiger partial charge in [-0.05, 0) is 18.8 Å². The van der Waals surface area contributed by atoms with Gasteiger partial charge in [-0.25, -0.2) is 5.84 Å². The lowest BCUT2D eigenvalue weighted by atomic mass is 10.0. The van der Waals surface area contributed by atoms with Crippen LogP contribution in [0.3, 0.4) is 0 Å². The number of hydrogen-bond acceptors (Lipinski definition) is 2. The van der Waals surface area contributed by atoms with E-state index in [1.54, 1.807) is 0 Å². The molecule has 86 valence electrons. The van der Waals surface area contributed by atoms with Gasteiger partial charge in [-0.15, -0.1) is 0 Å². The zero-order valence-corrected chi connectivity index (χ0v) is 9.54. The highest BCUT2D eigenvalue weighted by atomic mass is 15.3. The number of rotatable bonds is 3. The molecule has 0 heterocycles. The molecule has 2 rings (SSSR count). The molecule has 3 nitrogen and oxygen atoms in total. The highest BCUT2D eigenvalue weighted by Gasteiger charge is 2.19. The molecule has 3 heteroatoms. The molecular formula is C12H23N3. The highest BCUT2D eigenvalue weighted by Crippen LogP contribution is 2.28. The number of aliphatic imine (C=N–C) groups is 1. The van der Waals surface area contributed by atoms with Crippen LogP contribution < -0.4 is 11.3 Å². The first-order valence-electron chi connectivity index (χ1n) is 6.42. The van der Waals surface area contributed by atoms with E-state index in [-0.39, 0.29) is 0 Å². The second-order valence-electron chi connectivity index (χ2n) is 5.01. The Morgan fingerprint density at radius 1 is 1.07 bits per heavy atom. The van der Waals surface area contributed by atoms with Gasteiger partial charge in [0.15, 0.2) is 0 Å². The fourth-order valence-corrected chi connectivity index (χ4v) is 2.89. The van der Waals surface area contributed by atoms with Gasteiger partial charge >= 0.3 is 0 Å². The van der Waals surface area contributed by atoms with Crippen molar-refractivity contribution in [3.05, 3.63) is 0 Å². The van der Waals surface area contributed by atoms with Gasteiger partial charge in [0.1, 0.15) is 5.84 Å². The number of nitrogens with zero attached hydrogens (tertiary/aromatic N) is 1. The van der Waals surface area contributed by atoms with Gasteiger partial charge in [0, 0.05) is 6.42 Å². The lowest BCUT2D eigenvalue weighted by Crippen LogP contribution is -2.32. The van der Waals surface area contributed by atoms with Crippen LogP contribution >= 0.6 is 0 Å². The predicted octanol–water partition coefficient (Wildman–Crippen LogP) is 2.37. The molecule has 0 aliphatic heterocycles.